The van der Waals surface area contributed by atoms with Crippen LogP contribution in [0.5, 0.6) is 0 Å². The molecule has 0 unspecified atom stereocenters. The van der Waals surface area contributed by atoms with Gasteiger partial charge in [0.05, 0.1) is 5.69 Å². The van der Waals surface area contributed by atoms with Gasteiger partial charge in [-0.25, -0.2) is 0 Å². The van der Waals surface area contributed by atoms with Crippen LogP contribution in [0.1, 0.15) is 0 Å². The first-order valence-corrected chi connectivity index (χ1v) is 19.6. The van der Waals surface area contributed by atoms with E-state index in [4.69, 9.17) is 0 Å². The minimum absolute atomic E-state index is 1.09. The predicted octanol–water partition coefficient (Wildman–Crippen LogP) is 15.8. The molecule has 0 saturated carbocycles. The Morgan fingerprint density at radius 1 is 0.228 bits per heavy atom. The van der Waals surface area contributed by atoms with Crippen molar-refractivity contribution in [1.29, 1.82) is 0 Å². The first-order valence-electron chi connectivity index (χ1n) is 19.6. The van der Waals surface area contributed by atoms with E-state index in [2.05, 4.69) is 241 Å². The van der Waals surface area contributed by atoms with Crippen molar-refractivity contribution in [3.63, 3.8) is 0 Å². The number of hydrogen-bond acceptors (Lipinski definition) is 1. The van der Waals surface area contributed by atoms with Gasteiger partial charge in [-0.2, -0.15) is 0 Å². The van der Waals surface area contributed by atoms with E-state index < -0.39 is 0 Å². The van der Waals surface area contributed by atoms with Gasteiger partial charge in [0, 0.05) is 16.9 Å². The third-order valence-electron chi connectivity index (χ3n) is 11.1. The summed E-state index contributed by atoms with van der Waals surface area (Å²) in [7, 11) is 0. The van der Waals surface area contributed by atoms with Gasteiger partial charge in [-0.05, 0) is 108 Å². The smallest absolute Gasteiger partial charge is 0.0546 e. The van der Waals surface area contributed by atoms with Crippen molar-refractivity contribution in [2.75, 3.05) is 4.90 Å². The number of rotatable bonds is 8. The van der Waals surface area contributed by atoms with Gasteiger partial charge in [-0.3, -0.25) is 0 Å². The molecular formula is C56H39N. The molecule has 1 heteroatoms. The minimum atomic E-state index is 1.09. The lowest BCUT2D eigenvalue weighted by Gasteiger charge is -2.29. The molecule has 0 aliphatic rings. The van der Waals surface area contributed by atoms with Crippen molar-refractivity contribution in [2.45, 2.75) is 0 Å². The molecule has 0 saturated heterocycles. The third-order valence-corrected chi connectivity index (χ3v) is 11.1. The molecule has 57 heavy (non-hydrogen) atoms. The van der Waals surface area contributed by atoms with E-state index in [1.165, 1.54) is 71.6 Å². The van der Waals surface area contributed by atoms with Crippen molar-refractivity contribution in [1.82, 2.24) is 0 Å². The maximum Gasteiger partial charge on any atom is 0.0546 e. The lowest BCUT2D eigenvalue weighted by atomic mass is 9.93. The van der Waals surface area contributed by atoms with E-state index in [0.717, 1.165) is 22.6 Å². The molecule has 0 aromatic heterocycles. The van der Waals surface area contributed by atoms with Gasteiger partial charge >= 0.3 is 0 Å². The fourth-order valence-electron chi connectivity index (χ4n) is 8.23. The zero-order valence-corrected chi connectivity index (χ0v) is 31.5. The molecule has 0 radical (unpaired) electrons. The predicted molar refractivity (Wildman–Crippen MR) is 243 cm³/mol. The second kappa shape index (κ2) is 15.0. The standard InChI is InChI=1S/C56H39N/c1-3-14-40(15-4-1)46-22-11-23-47(38-46)41-28-33-49(34-29-41)57(50-35-30-45(31-36-50)53-26-12-20-42-18-7-9-24-51(42)53)56-39-48(32-37-55(56)44-16-5-2-6-17-44)54-27-13-21-43-19-8-10-25-52(43)54/h1-39H. The zero-order valence-electron chi connectivity index (χ0n) is 31.5. The molecule has 0 bridgehead atoms. The lowest BCUT2D eigenvalue weighted by Crippen LogP contribution is -2.11. The molecule has 0 aliphatic heterocycles. The molecule has 0 N–H and O–H groups in total. The second-order valence-electron chi connectivity index (χ2n) is 14.5. The fraction of sp³-hybridized carbons (Fsp3) is 0. The van der Waals surface area contributed by atoms with Crippen LogP contribution >= 0.6 is 0 Å². The van der Waals surface area contributed by atoms with Crippen molar-refractivity contribution < 1.29 is 0 Å². The maximum atomic E-state index is 2.42. The third kappa shape index (κ3) is 6.66. The molecule has 0 atom stereocenters. The van der Waals surface area contributed by atoms with E-state index in [-0.39, 0.29) is 0 Å². The van der Waals surface area contributed by atoms with Crippen LogP contribution in [-0.2, 0) is 0 Å². The molecule has 10 aromatic carbocycles. The summed E-state index contributed by atoms with van der Waals surface area (Å²) >= 11 is 0. The summed E-state index contributed by atoms with van der Waals surface area (Å²) in [5, 5.41) is 4.97. The summed E-state index contributed by atoms with van der Waals surface area (Å²) in [5.41, 5.74) is 15.2. The molecule has 0 aliphatic carbocycles. The monoisotopic (exact) mass is 725 g/mol. The Kier molecular flexibility index (Phi) is 8.95. The topological polar surface area (TPSA) is 3.24 Å². The highest BCUT2D eigenvalue weighted by molar-refractivity contribution is 6.00. The van der Waals surface area contributed by atoms with E-state index >= 15 is 0 Å². The van der Waals surface area contributed by atoms with Gasteiger partial charge in [0.25, 0.3) is 0 Å². The van der Waals surface area contributed by atoms with Crippen molar-refractivity contribution in [3.05, 3.63) is 237 Å². The van der Waals surface area contributed by atoms with Crippen LogP contribution in [0.2, 0.25) is 0 Å². The normalized spacial score (nSPS) is 11.2. The molecule has 1 nitrogen and oxygen atoms in total. The Hall–Kier alpha value is -7.48. The molecule has 10 rings (SSSR count). The van der Waals surface area contributed by atoms with Crippen molar-refractivity contribution >= 4 is 38.6 Å². The van der Waals surface area contributed by atoms with Crippen LogP contribution in [0.4, 0.5) is 17.1 Å². The summed E-state index contributed by atoms with van der Waals surface area (Å²) in [6.45, 7) is 0. The van der Waals surface area contributed by atoms with Crippen LogP contribution in [0.3, 0.4) is 0 Å². The van der Waals surface area contributed by atoms with Crippen LogP contribution in [0.25, 0.3) is 77.2 Å². The summed E-state index contributed by atoms with van der Waals surface area (Å²) in [6, 6.07) is 85.7. The van der Waals surface area contributed by atoms with Gasteiger partial charge < -0.3 is 4.90 Å². The summed E-state index contributed by atoms with van der Waals surface area (Å²) in [6.07, 6.45) is 0. The van der Waals surface area contributed by atoms with Crippen LogP contribution in [0.15, 0.2) is 237 Å². The van der Waals surface area contributed by atoms with E-state index in [1.807, 2.05) is 0 Å². The highest BCUT2D eigenvalue weighted by Gasteiger charge is 2.20. The number of anilines is 3. The molecule has 0 heterocycles. The second-order valence-corrected chi connectivity index (χ2v) is 14.5. The number of benzene rings is 10. The molecular weight excluding hydrogens is 687 g/mol. The van der Waals surface area contributed by atoms with Crippen molar-refractivity contribution in [2.24, 2.45) is 0 Å². The van der Waals surface area contributed by atoms with Gasteiger partial charge in [0.1, 0.15) is 0 Å². The Balaban J connectivity index is 1.14. The minimum Gasteiger partial charge on any atom is -0.310 e. The SMILES string of the molecule is c1ccc(-c2cccc(-c3ccc(N(c4ccc(-c5cccc6ccccc56)cc4)c4cc(-c5cccc6ccccc56)ccc4-c4ccccc4)cc3)c2)cc1. The first-order chi connectivity index (χ1) is 28.3. The Morgan fingerprint density at radius 3 is 1.23 bits per heavy atom. The average Bonchev–Trinajstić information content (AvgIpc) is 3.30. The zero-order chi connectivity index (χ0) is 38.0. The molecule has 0 fully saturated rings. The van der Waals surface area contributed by atoms with E-state index in [0.29, 0.717) is 0 Å². The van der Waals surface area contributed by atoms with Crippen LogP contribution in [-0.4, -0.2) is 0 Å². The quantitative estimate of drug-likeness (QED) is 0.151. The average molecular weight is 726 g/mol. The van der Waals surface area contributed by atoms with Crippen molar-refractivity contribution in [3.8, 4) is 55.6 Å². The van der Waals surface area contributed by atoms with Crippen LogP contribution < -0.4 is 4.90 Å². The Labute approximate surface area is 334 Å². The van der Waals surface area contributed by atoms with Gasteiger partial charge in [-0.1, -0.05) is 200 Å². The van der Waals surface area contributed by atoms with Gasteiger partial charge in [-0.15, -0.1) is 0 Å². The highest BCUT2D eigenvalue weighted by atomic mass is 15.1. The summed E-state index contributed by atoms with van der Waals surface area (Å²) in [5.74, 6) is 0. The Morgan fingerprint density at radius 2 is 0.632 bits per heavy atom. The molecule has 0 amide bonds. The summed E-state index contributed by atoms with van der Waals surface area (Å²) in [4.78, 5) is 2.42. The lowest BCUT2D eigenvalue weighted by molar-refractivity contribution is 1.28. The van der Waals surface area contributed by atoms with Crippen LogP contribution in [0, 0.1) is 0 Å². The van der Waals surface area contributed by atoms with Gasteiger partial charge in [0.15, 0.2) is 0 Å². The highest BCUT2D eigenvalue weighted by Crippen LogP contribution is 2.45. The molecule has 0 spiro atoms. The number of fused-ring (bicyclic) bond motifs is 2. The first kappa shape index (κ1) is 34.0. The molecule has 268 valence electrons. The maximum absolute atomic E-state index is 2.42. The fourth-order valence-corrected chi connectivity index (χ4v) is 8.23. The Bertz CT molecular complexity index is 2970. The number of hydrogen-bond donors (Lipinski definition) is 0. The summed E-state index contributed by atoms with van der Waals surface area (Å²) < 4.78 is 0. The van der Waals surface area contributed by atoms with E-state index in [9.17, 15) is 0 Å². The number of nitrogens with zero attached hydrogens (tertiary/aromatic N) is 1. The van der Waals surface area contributed by atoms with E-state index in [1.54, 1.807) is 0 Å². The molecule has 10 aromatic rings. The van der Waals surface area contributed by atoms with Gasteiger partial charge in [0.2, 0.25) is 0 Å². The largest absolute Gasteiger partial charge is 0.310 e.